The third kappa shape index (κ3) is 2.65. The van der Waals surface area contributed by atoms with Gasteiger partial charge >= 0.3 is 0 Å². The molecule has 0 N–H and O–H groups in total. The van der Waals surface area contributed by atoms with Crippen molar-refractivity contribution in [2.45, 2.75) is 6.55 Å². The second-order valence-electron chi connectivity index (χ2n) is 0.707. The van der Waals surface area contributed by atoms with Crippen molar-refractivity contribution < 1.29 is 0 Å². The molecule has 0 spiro atoms. The van der Waals surface area contributed by atoms with Crippen molar-refractivity contribution in [1.82, 2.24) is 0 Å². The summed E-state index contributed by atoms with van der Waals surface area (Å²) in [5, 5.41) is 0. The van der Waals surface area contributed by atoms with Crippen molar-refractivity contribution in [3.8, 4) is 0 Å². The van der Waals surface area contributed by atoms with Crippen molar-refractivity contribution >= 4 is 17.3 Å². The first-order valence-electron chi connectivity index (χ1n) is 1.56. The molecule has 0 aliphatic rings. The van der Waals surface area contributed by atoms with Crippen LogP contribution in [-0.4, -0.2) is 15.9 Å². The molecule has 0 bridgehead atoms. The van der Waals surface area contributed by atoms with Crippen molar-refractivity contribution in [3.63, 3.8) is 0 Å². The molecule has 0 nitrogen and oxygen atoms in total. The van der Waals surface area contributed by atoms with Gasteiger partial charge in [-0.15, -0.1) is 8.13 Å². The van der Waals surface area contributed by atoms with Gasteiger partial charge in [0.25, 0.3) is 0 Å². The van der Waals surface area contributed by atoms with Crippen LogP contribution in [0.2, 0.25) is 6.55 Å². The molecule has 1 unspecified atom stereocenters. The van der Waals surface area contributed by atoms with Crippen molar-refractivity contribution in [3.05, 3.63) is 0 Å². The lowest BCUT2D eigenvalue weighted by molar-refractivity contribution is 2.35. The molecule has 0 aliphatic heterocycles. The Balaban J connectivity index is 1.97. The maximum absolute atomic E-state index is 2.33. The lowest BCUT2D eigenvalue weighted by atomic mass is 11.9. The zero-order chi connectivity index (χ0) is 3.41. The first kappa shape index (κ1) is 4.65. The van der Waals surface area contributed by atoms with E-state index in [1.165, 1.54) is 8.13 Å². The molecule has 2 heteroatoms. The van der Waals surface area contributed by atoms with E-state index in [1.807, 2.05) is 0 Å². The Kier molecular flexibility index (Phi) is 4.24. The molecule has 0 aromatic heterocycles. The van der Waals surface area contributed by atoms with E-state index in [9.17, 15) is 0 Å². The SMILES string of the molecule is C[SiH2]PC. The van der Waals surface area contributed by atoms with E-state index in [0.29, 0.717) is 9.19 Å². The van der Waals surface area contributed by atoms with Gasteiger partial charge < -0.3 is 0 Å². The lowest BCUT2D eigenvalue weighted by Gasteiger charge is -1.67. The molecule has 0 rings (SSSR count). The number of hydrogen-bond donors (Lipinski definition) is 0. The largest absolute Gasteiger partial charge is 0.144 e. The molecule has 26 valence electrons. The van der Waals surface area contributed by atoms with Crippen LogP contribution in [0.5, 0.6) is 0 Å². The smallest absolute Gasteiger partial charge is 0.0419 e. The molecule has 1 atom stereocenters. The summed E-state index contributed by atoms with van der Waals surface area (Å²) in [6.45, 7) is 4.60. The quantitative estimate of drug-likeness (QED) is 0.325. The molecule has 0 aliphatic carbocycles. The van der Waals surface area contributed by atoms with Gasteiger partial charge in [-0.1, -0.05) is 13.2 Å². The highest BCUT2D eigenvalue weighted by Gasteiger charge is 1.57. The minimum absolute atomic E-state index is 0.452. The van der Waals surface area contributed by atoms with E-state index < -0.39 is 0 Å². The monoisotopic (exact) mass is 92.0 g/mol. The lowest BCUT2D eigenvalue weighted by Crippen LogP contribution is -1.55. The maximum atomic E-state index is 2.33. The second kappa shape index (κ2) is 3.65. The fourth-order valence-electron chi connectivity index (χ4n) is 0. The standard InChI is InChI=1S/C2H9PSi/c1-3-4-2/h3H,4H2,1-2H3. The summed E-state index contributed by atoms with van der Waals surface area (Å²) in [6.07, 6.45) is 0. The van der Waals surface area contributed by atoms with Crippen molar-refractivity contribution in [1.29, 1.82) is 0 Å². The van der Waals surface area contributed by atoms with Crippen molar-refractivity contribution in [2.24, 2.45) is 0 Å². The van der Waals surface area contributed by atoms with Crippen LogP contribution in [0, 0.1) is 0 Å². The number of hydrogen-bond acceptors (Lipinski definition) is 0. The molecular weight excluding hydrogens is 83.1 g/mol. The van der Waals surface area contributed by atoms with Crippen LogP contribution < -0.4 is 0 Å². The summed E-state index contributed by atoms with van der Waals surface area (Å²) in [7, 11) is 1.73. The molecule has 4 heavy (non-hydrogen) atoms. The van der Waals surface area contributed by atoms with Gasteiger partial charge in [0.2, 0.25) is 0 Å². The van der Waals surface area contributed by atoms with Gasteiger partial charge in [0, 0.05) is 9.19 Å². The molecule has 0 saturated carbocycles. The Morgan fingerprint density at radius 3 is 2.00 bits per heavy atom. The molecule has 0 aromatic carbocycles. The Bertz CT molecular complexity index is 8.00. The van der Waals surface area contributed by atoms with E-state index in [-0.39, 0.29) is 0 Å². The van der Waals surface area contributed by atoms with Gasteiger partial charge in [0.15, 0.2) is 0 Å². The number of rotatable bonds is 1. The van der Waals surface area contributed by atoms with E-state index >= 15 is 0 Å². The van der Waals surface area contributed by atoms with Gasteiger partial charge in [-0.3, -0.25) is 0 Å². The van der Waals surface area contributed by atoms with Crippen LogP contribution in [0.3, 0.4) is 0 Å². The maximum Gasteiger partial charge on any atom is 0.0419 e. The first-order valence-corrected chi connectivity index (χ1v) is 6.80. The van der Waals surface area contributed by atoms with Gasteiger partial charge in [-0.05, 0) is 0 Å². The van der Waals surface area contributed by atoms with Crippen molar-refractivity contribution in [2.75, 3.05) is 6.66 Å². The molecule has 0 aromatic rings. The zero-order valence-electron chi connectivity index (χ0n) is 3.21. The van der Waals surface area contributed by atoms with Crippen LogP contribution in [-0.2, 0) is 0 Å². The third-order valence-corrected chi connectivity index (χ3v) is 3.18. The fraction of sp³-hybridized carbons (Fsp3) is 1.00. The molecule has 0 amide bonds. The predicted octanol–water partition coefficient (Wildman–Crippen LogP) is 0.427. The minimum Gasteiger partial charge on any atom is -0.144 e. The molecule has 0 saturated heterocycles. The Labute approximate surface area is 31.4 Å². The highest BCUT2D eigenvalue weighted by molar-refractivity contribution is 7.70. The summed E-state index contributed by atoms with van der Waals surface area (Å²) < 4.78 is 0. The average Bonchev–Trinajstić information content (AvgIpc) is 1.37. The normalized spacial score (nSPS) is 13.5. The summed E-state index contributed by atoms with van der Waals surface area (Å²) in [4.78, 5) is 0. The van der Waals surface area contributed by atoms with Crippen LogP contribution in [0.4, 0.5) is 0 Å². The van der Waals surface area contributed by atoms with Gasteiger partial charge in [0.1, 0.15) is 0 Å². The van der Waals surface area contributed by atoms with E-state index in [1.54, 1.807) is 0 Å². The Morgan fingerprint density at radius 2 is 2.00 bits per heavy atom. The molecule has 0 fully saturated rings. The average molecular weight is 92.2 g/mol. The third-order valence-electron chi connectivity index (χ3n) is 0.354. The van der Waals surface area contributed by atoms with Crippen LogP contribution in [0.25, 0.3) is 0 Å². The minimum atomic E-state index is 0.452. The van der Waals surface area contributed by atoms with E-state index in [2.05, 4.69) is 13.2 Å². The summed E-state index contributed by atoms with van der Waals surface area (Å²) >= 11 is 0. The summed E-state index contributed by atoms with van der Waals surface area (Å²) in [5.41, 5.74) is 0. The summed E-state index contributed by atoms with van der Waals surface area (Å²) in [6, 6.07) is 0. The van der Waals surface area contributed by atoms with Crippen LogP contribution >= 0.6 is 8.13 Å². The van der Waals surface area contributed by atoms with E-state index in [4.69, 9.17) is 0 Å². The molecule has 0 heterocycles. The van der Waals surface area contributed by atoms with Gasteiger partial charge in [0.05, 0.1) is 0 Å². The predicted molar refractivity (Wildman–Crippen MR) is 28.6 cm³/mol. The molecular formula is C2H9PSi. The van der Waals surface area contributed by atoms with Crippen LogP contribution in [0.15, 0.2) is 0 Å². The second-order valence-corrected chi connectivity index (χ2v) is 6.36. The zero-order valence-corrected chi connectivity index (χ0v) is 5.62. The highest BCUT2D eigenvalue weighted by Crippen LogP contribution is 1.92. The topological polar surface area (TPSA) is 0 Å². The molecule has 0 radical (unpaired) electrons. The fourth-order valence-corrected chi connectivity index (χ4v) is 0. The Hall–Kier alpha value is 0.647. The highest BCUT2D eigenvalue weighted by atomic mass is 31.3. The Morgan fingerprint density at radius 1 is 1.75 bits per heavy atom. The van der Waals surface area contributed by atoms with Crippen LogP contribution in [0.1, 0.15) is 0 Å². The summed E-state index contributed by atoms with van der Waals surface area (Å²) in [5.74, 6) is 0. The first-order chi connectivity index (χ1) is 1.91. The van der Waals surface area contributed by atoms with Gasteiger partial charge in [-0.2, -0.15) is 0 Å². The van der Waals surface area contributed by atoms with E-state index in [0.717, 1.165) is 0 Å². The van der Waals surface area contributed by atoms with Gasteiger partial charge in [-0.25, -0.2) is 0 Å².